The first kappa shape index (κ1) is 13.4. The van der Waals surface area contributed by atoms with Gasteiger partial charge in [0.15, 0.2) is 0 Å². The second kappa shape index (κ2) is 5.41. The zero-order valence-corrected chi connectivity index (χ0v) is 12.5. The Labute approximate surface area is 122 Å². The van der Waals surface area contributed by atoms with Gasteiger partial charge < -0.3 is 0 Å². The molecule has 104 valence electrons. The van der Waals surface area contributed by atoms with Gasteiger partial charge in [-0.25, -0.2) is 0 Å². The molecule has 0 N–H and O–H groups in total. The van der Waals surface area contributed by atoms with Crippen molar-refractivity contribution in [3.8, 4) is 0 Å². The summed E-state index contributed by atoms with van der Waals surface area (Å²) < 4.78 is 0. The molecule has 0 bridgehead atoms. The van der Waals surface area contributed by atoms with Crippen molar-refractivity contribution in [2.75, 3.05) is 14.1 Å². The molecule has 0 atom stereocenters. The lowest BCUT2D eigenvalue weighted by Gasteiger charge is -2.40. The normalized spacial score (nSPS) is 17.6. The van der Waals surface area contributed by atoms with Gasteiger partial charge in [0, 0.05) is 5.54 Å². The zero-order chi connectivity index (χ0) is 14.0. The van der Waals surface area contributed by atoms with E-state index in [0.717, 1.165) is 0 Å². The molecule has 3 rings (SSSR count). The molecule has 0 heterocycles. The van der Waals surface area contributed by atoms with E-state index in [1.807, 2.05) is 0 Å². The van der Waals surface area contributed by atoms with Gasteiger partial charge in [-0.15, -0.1) is 0 Å². The van der Waals surface area contributed by atoms with Gasteiger partial charge in [-0.1, -0.05) is 54.6 Å². The van der Waals surface area contributed by atoms with Gasteiger partial charge in [-0.2, -0.15) is 0 Å². The van der Waals surface area contributed by atoms with Crippen LogP contribution in [0.25, 0.3) is 0 Å². The topological polar surface area (TPSA) is 3.24 Å². The summed E-state index contributed by atoms with van der Waals surface area (Å²) in [5.41, 5.74) is 4.69. The third-order valence-electron chi connectivity index (χ3n) is 4.90. The van der Waals surface area contributed by atoms with E-state index >= 15 is 0 Å². The lowest BCUT2D eigenvalue weighted by atomic mass is 9.81. The van der Waals surface area contributed by atoms with Crippen LogP contribution in [0.2, 0.25) is 0 Å². The fourth-order valence-corrected chi connectivity index (χ4v) is 3.60. The van der Waals surface area contributed by atoms with E-state index in [-0.39, 0.29) is 5.54 Å². The van der Waals surface area contributed by atoms with Gasteiger partial charge in [-0.05, 0) is 56.5 Å². The van der Waals surface area contributed by atoms with Gasteiger partial charge in [0.25, 0.3) is 0 Å². The fourth-order valence-electron chi connectivity index (χ4n) is 3.60. The summed E-state index contributed by atoms with van der Waals surface area (Å²) in [7, 11) is 4.45. The average Bonchev–Trinajstić information content (AvgIpc) is 2.69. The Morgan fingerprint density at radius 2 is 1.25 bits per heavy atom. The maximum absolute atomic E-state index is 2.42. The molecule has 1 aliphatic carbocycles. The van der Waals surface area contributed by atoms with E-state index in [9.17, 15) is 0 Å². The number of rotatable bonds is 2. The van der Waals surface area contributed by atoms with Gasteiger partial charge in [-0.3, -0.25) is 4.90 Å². The van der Waals surface area contributed by atoms with Crippen molar-refractivity contribution in [1.29, 1.82) is 0 Å². The number of hydrogen-bond donors (Lipinski definition) is 0. The minimum atomic E-state index is 0.167. The van der Waals surface area contributed by atoms with Crippen molar-refractivity contribution in [3.05, 3.63) is 71.3 Å². The van der Waals surface area contributed by atoms with Crippen LogP contribution in [0.4, 0.5) is 0 Å². The molecular formula is C19H23N. The minimum Gasteiger partial charge on any atom is -0.300 e. The molecule has 0 radical (unpaired) electrons. The molecule has 1 heteroatoms. The number of aryl methyl sites for hydroxylation is 2. The molecule has 0 amide bonds. The highest BCUT2D eigenvalue weighted by Crippen LogP contribution is 2.39. The second-order valence-corrected chi connectivity index (χ2v) is 6.06. The molecule has 0 fully saturated rings. The van der Waals surface area contributed by atoms with Crippen LogP contribution in [0.5, 0.6) is 0 Å². The first-order valence-electron chi connectivity index (χ1n) is 7.52. The van der Waals surface area contributed by atoms with Crippen molar-refractivity contribution >= 4 is 0 Å². The quantitative estimate of drug-likeness (QED) is 0.741. The predicted molar refractivity (Wildman–Crippen MR) is 84.9 cm³/mol. The average molecular weight is 265 g/mol. The summed E-state index contributed by atoms with van der Waals surface area (Å²) in [6, 6.07) is 20.0. The smallest absolute Gasteiger partial charge is 0.0461 e. The Bertz CT molecular complexity index is 544. The van der Waals surface area contributed by atoms with Crippen molar-refractivity contribution < 1.29 is 0 Å². The van der Waals surface area contributed by atoms with Crippen molar-refractivity contribution in [2.24, 2.45) is 0 Å². The minimum absolute atomic E-state index is 0.167. The molecule has 0 saturated carbocycles. The predicted octanol–water partition coefficient (Wildman–Crippen LogP) is 4.02. The largest absolute Gasteiger partial charge is 0.300 e. The molecule has 1 nitrogen and oxygen atoms in total. The molecule has 1 aliphatic rings. The number of benzene rings is 2. The summed E-state index contributed by atoms with van der Waals surface area (Å²) in [6.45, 7) is 0. The van der Waals surface area contributed by atoms with E-state index in [2.05, 4.69) is 73.6 Å². The molecule has 0 aromatic heterocycles. The van der Waals surface area contributed by atoms with Crippen molar-refractivity contribution in [2.45, 2.75) is 31.2 Å². The standard InChI is InChI=1S/C19H23N/c1-20(2)19(18-10-4-3-5-11-18)14-12-16-8-6-7-9-17(16)13-15-19/h3-11H,12-15H2,1-2H3. The van der Waals surface area contributed by atoms with Crippen LogP contribution < -0.4 is 0 Å². The van der Waals surface area contributed by atoms with Crippen LogP contribution in [0.1, 0.15) is 29.5 Å². The highest BCUT2D eigenvalue weighted by molar-refractivity contribution is 5.33. The first-order valence-corrected chi connectivity index (χ1v) is 7.52. The number of nitrogens with zero attached hydrogens (tertiary/aromatic N) is 1. The van der Waals surface area contributed by atoms with E-state index in [1.54, 1.807) is 0 Å². The van der Waals surface area contributed by atoms with Crippen molar-refractivity contribution in [3.63, 3.8) is 0 Å². The number of hydrogen-bond acceptors (Lipinski definition) is 1. The van der Waals surface area contributed by atoms with Crippen LogP contribution in [0.3, 0.4) is 0 Å². The van der Waals surface area contributed by atoms with Crippen LogP contribution >= 0.6 is 0 Å². The summed E-state index contributed by atoms with van der Waals surface area (Å²) in [6.07, 6.45) is 4.73. The van der Waals surface area contributed by atoms with Gasteiger partial charge in [0.1, 0.15) is 0 Å². The summed E-state index contributed by atoms with van der Waals surface area (Å²) in [5.74, 6) is 0. The molecule has 2 aromatic carbocycles. The molecule has 0 unspecified atom stereocenters. The number of fused-ring (bicyclic) bond motifs is 1. The Morgan fingerprint density at radius 1 is 0.750 bits per heavy atom. The van der Waals surface area contributed by atoms with E-state index < -0.39 is 0 Å². The summed E-state index contributed by atoms with van der Waals surface area (Å²) >= 11 is 0. The Hall–Kier alpha value is -1.60. The molecular weight excluding hydrogens is 242 g/mol. The second-order valence-electron chi connectivity index (χ2n) is 6.06. The van der Waals surface area contributed by atoms with E-state index in [0.29, 0.717) is 0 Å². The highest BCUT2D eigenvalue weighted by Gasteiger charge is 2.35. The summed E-state index contributed by atoms with van der Waals surface area (Å²) in [5, 5.41) is 0. The maximum atomic E-state index is 2.42. The third kappa shape index (κ3) is 2.27. The van der Waals surface area contributed by atoms with Gasteiger partial charge in [0.05, 0.1) is 0 Å². The third-order valence-corrected chi connectivity index (χ3v) is 4.90. The van der Waals surface area contributed by atoms with Crippen LogP contribution in [0.15, 0.2) is 54.6 Å². The zero-order valence-electron chi connectivity index (χ0n) is 12.5. The molecule has 2 aromatic rings. The van der Waals surface area contributed by atoms with Crippen LogP contribution in [0, 0.1) is 0 Å². The van der Waals surface area contributed by atoms with E-state index in [1.165, 1.54) is 42.4 Å². The highest BCUT2D eigenvalue weighted by atomic mass is 15.1. The van der Waals surface area contributed by atoms with Crippen LogP contribution in [-0.2, 0) is 18.4 Å². The lowest BCUT2D eigenvalue weighted by Crippen LogP contribution is -2.41. The molecule has 20 heavy (non-hydrogen) atoms. The summed E-state index contributed by atoms with van der Waals surface area (Å²) in [4.78, 5) is 2.42. The van der Waals surface area contributed by atoms with E-state index in [4.69, 9.17) is 0 Å². The lowest BCUT2D eigenvalue weighted by molar-refractivity contribution is 0.130. The van der Waals surface area contributed by atoms with Crippen molar-refractivity contribution in [1.82, 2.24) is 4.90 Å². The van der Waals surface area contributed by atoms with Crippen LogP contribution in [-0.4, -0.2) is 19.0 Å². The first-order chi connectivity index (χ1) is 9.72. The molecule has 0 aliphatic heterocycles. The Kier molecular flexibility index (Phi) is 3.62. The Balaban J connectivity index is 1.99. The Morgan fingerprint density at radius 3 is 1.75 bits per heavy atom. The van der Waals surface area contributed by atoms with Gasteiger partial charge >= 0.3 is 0 Å². The fraction of sp³-hybridized carbons (Fsp3) is 0.368. The van der Waals surface area contributed by atoms with Gasteiger partial charge in [0.2, 0.25) is 0 Å². The monoisotopic (exact) mass is 265 g/mol. The maximum Gasteiger partial charge on any atom is 0.0461 e. The molecule has 0 spiro atoms. The molecule has 0 saturated heterocycles. The SMILES string of the molecule is CN(C)C1(c2ccccc2)CCc2ccccc2CC1.